The molecule has 0 spiro atoms. The second-order valence-corrected chi connectivity index (χ2v) is 5.05. The van der Waals surface area contributed by atoms with Gasteiger partial charge in [-0.1, -0.05) is 65.7 Å². The largest absolute Gasteiger partial charge is 0.392 e. The van der Waals surface area contributed by atoms with Crippen LogP contribution in [0.5, 0.6) is 0 Å². The van der Waals surface area contributed by atoms with Crippen molar-refractivity contribution in [2.45, 2.75) is 78.2 Å². The van der Waals surface area contributed by atoms with E-state index in [-0.39, 0.29) is 6.10 Å². The summed E-state index contributed by atoms with van der Waals surface area (Å²) < 4.78 is 0. The van der Waals surface area contributed by atoms with Gasteiger partial charge in [-0.15, -0.1) is 0 Å². The SMILES string of the molecule is CCCCCCCCCC(O)CN(CC)CC. The third-order valence-corrected chi connectivity index (χ3v) is 3.50. The second kappa shape index (κ2) is 12.4. The lowest BCUT2D eigenvalue weighted by molar-refractivity contribution is 0.108. The molecule has 104 valence electrons. The minimum atomic E-state index is -0.120. The van der Waals surface area contributed by atoms with Gasteiger partial charge >= 0.3 is 0 Å². The lowest BCUT2D eigenvalue weighted by atomic mass is 10.1. The summed E-state index contributed by atoms with van der Waals surface area (Å²) >= 11 is 0. The van der Waals surface area contributed by atoms with Crippen LogP contribution < -0.4 is 0 Å². The zero-order valence-corrected chi connectivity index (χ0v) is 12.2. The molecule has 0 saturated heterocycles. The van der Waals surface area contributed by atoms with Crippen LogP contribution in [0.2, 0.25) is 0 Å². The van der Waals surface area contributed by atoms with Crippen LogP contribution in [0.3, 0.4) is 0 Å². The van der Waals surface area contributed by atoms with E-state index in [0.717, 1.165) is 26.1 Å². The predicted octanol–water partition coefficient (Wildman–Crippen LogP) is 3.83. The first-order chi connectivity index (χ1) is 8.24. The van der Waals surface area contributed by atoms with E-state index in [1.54, 1.807) is 0 Å². The van der Waals surface area contributed by atoms with E-state index < -0.39 is 0 Å². The summed E-state index contributed by atoms with van der Waals surface area (Å²) in [5.41, 5.74) is 0. The molecule has 0 aliphatic heterocycles. The van der Waals surface area contributed by atoms with Gasteiger partial charge in [0.15, 0.2) is 0 Å². The van der Waals surface area contributed by atoms with Crippen molar-refractivity contribution in [3.05, 3.63) is 0 Å². The van der Waals surface area contributed by atoms with Gasteiger partial charge in [-0.25, -0.2) is 0 Å². The van der Waals surface area contributed by atoms with Gasteiger partial charge in [-0.2, -0.15) is 0 Å². The van der Waals surface area contributed by atoms with Gasteiger partial charge in [0.05, 0.1) is 6.10 Å². The predicted molar refractivity (Wildman–Crippen MR) is 76.4 cm³/mol. The van der Waals surface area contributed by atoms with E-state index in [9.17, 15) is 5.11 Å². The zero-order chi connectivity index (χ0) is 12.9. The van der Waals surface area contributed by atoms with Crippen LogP contribution in [-0.2, 0) is 0 Å². The molecule has 0 rings (SSSR count). The molecule has 0 aliphatic rings. The van der Waals surface area contributed by atoms with E-state index >= 15 is 0 Å². The first-order valence-corrected chi connectivity index (χ1v) is 7.64. The van der Waals surface area contributed by atoms with Crippen molar-refractivity contribution in [2.75, 3.05) is 19.6 Å². The summed E-state index contributed by atoms with van der Waals surface area (Å²) in [5, 5.41) is 9.88. The van der Waals surface area contributed by atoms with Crippen molar-refractivity contribution >= 4 is 0 Å². The topological polar surface area (TPSA) is 23.5 Å². The van der Waals surface area contributed by atoms with Crippen LogP contribution in [0.4, 0.5) is 0 Å². The molecular formula is C15H33NO. The van der Waals surface area contributed by atoms with Crippen molar-refractivity contribution < 1.29 is 5.11 Å². The van der Waals surface area contributed by atoms with Gasteiger partial charge in [0.2, 0.25) is 0 Å². The molecular weight excluding hydrogens is 210 g/mol. The summed E-state index contributed by atoms with van der Waals surface area (Å²) in [6.45, 7) is 9.51. The van der Waals surface area contributed by atoms with Gasteiger partial charge in [0.25, 0.3) is 0 Å². The molecule has 0 heterocycles. The molecule has 1 N–H and O–H groups in total. The Labute approximate surface area is 108 Å². The van der Waals surface area contributed by atoms with Crippen molar-refractivity contribution in [1.82, 2.24) is 4.90 Å². The number of hydrogen-bond donors (Lipinski definition) is 1. The molecule has 2 heteroatoms. The average Bonchev–Trinajstić information content (AvgIpc) is 2.34. The normalized spacial score (nSPS) is 13.2. The molecule has 0 aromatic rings. The molecule has 0 fully saturated rings. The number of hydrogen-bond acceptors (Lipinski definition) is 2. The number of unbranched alkanes of at least 4 members (excludes halogenated alkanes) is 6. The monoisotopic (exact) mass is 243 g/mol. The fraction of sp³-hybridized carbons (Fsp3) is 1.00. The Balaban J connectivity index is 3.29. The number of nitrogens with zero attached hydrogens (tertiary/aromatic N) is 1. The van der Waals surface area contributed by atoms with Gasteiger partial charge in [-0.3, -0.25) is 0 Å². The van der Waals surface area contributed by atoms with Crippen LogP contribution in [0.15, 0.2) is 0 Å². The molecule has 0 bridgehead atoms. The Kier molecular flexibility index (Phi) is 12.3. The summed E-state index contributed by atoms with van der Waals surface area (Å²) in [7, 11) is 0. The molecule has 0 aromatic carbocycles. The highest BCUT2D eigenvalue weighted by molar-refractivity contribution is 4.62. The minimum absolute atomic E-state index is 0.120. The quantitative estimate of drug-likeness (QED) is 0.527. The van der Waals surface area contributed by atoms with Gasteiger partial charge < -0.3 is 10.0 Å². The minimum Gasteiger partial charge on any atom is -0.392 e. The molecule has 0 saturated carbocycles. The Bertz CT molecular complexity index is 146. The van der Waals surface area contributed by atoms with E-state index in [1.165, 1.54) is 44.9 Å². The zero-order valence-electron chi connectivity index (χ0n) is 12.2. The third-order valence-electron chi connectivity index (χ3n) is 3.50. The molecule has 2 nitrogen and oxygen atoms in total. The summed E-state index contributed by atoms with van der Waals surface area (Å²) in [6.07, 6.45) is 10.1. The first kappa shape index (κ1) is 16.9. The summed E-state index contributed by atoms with van der Waals surface area (Å²) in [4.78, 5) is 2.30. The Morgan fingerprint density at radius 3 is 1.88 bits per heavy atom. The number of rotatable bonds is 12. The highest BCUT2D eigenvalue weighted by Gasteiger charge is 2.08. The lowest BCUT2D eigenvalue weighted by Gasteiger charge is -2.21. The Hall–Kier alpha value is -0.0800. The van der Waals surface area contributed by atoms with Crippen molar-refractivity contribution in [2.24, 2.45) is 0 Å². The molecule has 0 aromatic heterocycles. The third kappa shape index (κ3) is 10.8. The molecule has 0 amide bonds. The van der Waals surface area contributed by atoms with Crippen molar-refractivity contribution in [1.29, 1.82) is 0 Å². The van der Waals surface area contributed by atoms with Crippen LogP contribution in [0.1, 0.15) is 72.1 Å². The van der Waals surface area contributed by atoms with Crippen LogP contribution in [-0.4, -0.2) is 35.7 Å². The fourth-order valence-corrected chi connectivity index (χ4v) is 2.21. The van der Waals surface area contributed by atoms with Gasteiger partial charge in [0, 0.05) is 6.54 Å². The van der Waals surface area contributed by atoms with E-state index in [0.29, 0.717) is 0 Å². The molecule has 0 radical (unpaired) electrons. The average molecular weight is 243 g/mol. The molecule has 1 unspecified atom stereocenters. The van der Waals surface area contributed by atoms with E-state index in [1.807, 2.05) is 0 Å². The van der Waals surface area contributed by atoms with Crippen LogP contribution >= 0.6 is 0 Å². The van der Waals surface area contributed by atoms with E-state index in [4.69, 9.17) is 0 Å². The number of aliphatic hydroxyl groups excluding tert-OH is 1. The number of likely N-dealkylation sites (N-methyl/N-ethyl adjacent to an activating group) is 1. The fourth-order valence-electron chi connectivity index (χ4n) is 2.21. The maximum absolute atomic E-state index is 9.88. The van der Waals surface area contributed by atoms with Crippen LogP contribution in [0.25, 0.3) is 0 Å². The van der Waals surface area contributed by atoms with Gasteiger partial charge in [-0.05, 0) is 19.5 Å². The highest BCUT2D eigenvalue weighted by Crippen LogP contribution is 2.10. The number of aliphatic hydroxyl groups is 1. The summed E-state index contributed by atoms with van der Waals surface area (Å²) in [6, 6.07) is 0. The molecule has 17 heavy (non-hydrogen) atoms. The van der Waals surface area contributed by atoms with Crippen LogP contribution in [0, 0.1) is 0 Å². The Morgan fingerprint density at radius 2 is 1.35 bits per heavy atom. The van der Waals surface area contributed by atoms with E-state index in [2.05, 4.69) is 25.7 Å². The standard InChI is InChI=1S/C15H33NO/c1-4-7-8-9-10-11-12-13-15(17)14-16(5-2)6-3/h15,17H,4-14H2,1-3H3. The maximum atomic E-state index is 9.88. The lowest BCUT2D eigenvalue weighted by Crippen LogP contribution is -2.32. The highest BCUT2D eigenvalue weighted by atomic mass is 16.3. The summed E-state index contributed by atoms with van der Waals surface area (Å²) in [5.74, 6) is 0. The smallest absolute Gasteiger partial charge is 0.0667 e. The van der Waals surface area contributed by atoms with Crippen molar-refractivity contribution in [3.8, 4) is 0 Å². The Morgan fingerprint density at radius 1 is 0.824 bits per heavy atom. The maximum Gasteiger partial charge on any atom is 0.0667 e. The van der Waals surface area contributed by atoms with Crippen molar-refractivity contribution in [3.63, 3.8) is 0 Å². The first-order valence-electron chi connectivity index (χ1n) is 7.64. The molecule has 1 atom stereocenters. The second-order valence-electron chi connectivity index (χ2n) is 5.05. The molecule has 0 aliphatic carbocycles. The van der Waals surface area contributed by atoms with Gasteiger partial charge in [0.1, 0.15) is 0 Å².